The molecule has 0 aliphatic heterocycles. The van der Waals surface area contributed by atoms with Gasteiger partial charge in [-0.2, -0.15) is 0 Å². The van der Waals surface area contributed by atoms with Gasteiger partial charge < -0.3 is 4.90 Å². The second-order valence-electron chi connectivity index (χ2n) is 16.0. The first-order valence-electron chi connectivity index (χ1n) is 21.2. The van der Waals surface area contributed by atoms with Crippen LogP contribution in [0.4, 0.5) is 17.1 Å². The average Bonchev–Trinajstić information content (AvgIpc) is 3.72. The van der Waals surface area contributed by atoms with E-state index in [0.717, 1.165) is 17.1 Å². The molecule has 0 radical (unpaired) electrons. The molecule has 290 valence electrons. The standard InChI is InChI=1S/C60H39NS/c1-3-15-43(16-4-1)59-55-23-10-9-21-51(55)52-36-30-45(38-56(52)60(59)44-17-5-2-6-18-44)40-26-31-46(32-27-40)61(48-35-37-54-53-22-11-12-25-57(53)62-58(54)39-48)47-33-28-42(29-34-47)50-24-13-19-41-14-7-8-20-49(41)50/h1-39H. The largest absolute Gasteiger partial charge is 0.310 e. The maximum absolute atomic E-state index is 2.41. The monoisotopic (exact) mass is 805 g/mol. The molecule has 12 rings (SSSR count). The van der Waals surface area contributed by atoms with Crippen molar-refractivity contribution in [2.45, 2.75) is 0 Å². The number of rotatable bonds is 7. The Kier molecular flexibility index (Phi) is 8.76. The fourth-order valence-electron chi connectivity index (χ4n) is 9.55. The van der Waals surface area contributed by atoms with Gasteiger partial charge >= 0.3 is 0 Å². The first-order valence-corrected chi connectivity index (χ1v) is 22.1. The highest BCUT2D eigenvalue weighted by molar-refractivity contribution is 7.25. The van der Waals surface area contributed by atoms with Crippen LogP contribution in [0.5, 0.6) is 0 Å². The molecular formula is C60H39NS. The van der Waals surface area contributed by atoms with Crippen molar-refractivity contribution >= 4 is 80.9 Å². The molecule has 11 aromatic carbocycles. The molecule has 0 N–H and O–H groups in total. The molecule has 62 heavy (non-hydrogen) atoms. The lowest BCUT2D eigenvalue weighted by Gasteiger charge is -2.26. The van der Waals surface area contributed by atoms with Gasteiger partial charge in [0.2, 0.25) is 0 Å². The van der Waals surface area contributed by atoms with Gasteiger partial charge in [0.1, 0.15) is 0 Å². The molecule has 1 nitrogen and oxygen atoms in total. The Hall–Kier alpha value is -7.78. The van der Waals surface area contributed by atoms with Crippen LogP contribution in [0.15, 0.2) is 237 Å². The van der Waals surface area contributed by atoms with Crippen LogP contribution in [0.3, 0.4) is 0 Å². The fourth-order valence-corrected chi connectivity index (χ4v) is 10.7. The molecule has 2 heteroatoms. The number of anilines is 3. The van der Waals surface area contributed by atoms with Gasteiger partial charge in [-0.05, 0) is 125 Å². The van der Waals surface area contributed by atoms with Crippen LogP contribution in [0.1, 0.15) is 0 Å². The molecule has 0 saturated heterocycles. The maximum Gasteiger partial charge on any atom is 0.0476 e. The third-order valence-corrected chi connectivity index (χ3v) is 13.6. The van der Waals surface area contributed by atoms with E-state index in [9.17, 15) is 0 Å². The molecule has 0 aliphatic rings. The number of nitrogens with zero attached hydrogens (tertiary/aromatic N) is 1. The van der Waals surface area contributed by atoms with E-state index in [-0.39, 0.29) is 0 Å². The van der Waals surface area contributed by atoms with Crippen LogP contribution in [-0.4, -0.2) is 0 Å². The van der Waals surface area contributed by atoms with Crippen molar-refractivity contribution in [3.8, 4) is 44.5 Å². The lowest BCUT2D eigenvalue weighted by Crippen LogP contribution is -2.09. The fraction of sp³-hybridized carbons (Fsp3) is 0. The van der Waals surface area contributed by atoms with Crippen molar-refractivity contribution in [2.75, 3.05) is 4.90 Å². The number of hydrogen-bond acceptors (Lipinski definition) is 2. The Morgan fingerprint density at radius 1 is 0.258 bits per heavy atom. The number of hydrogen-bond donors (Lipinski definition) is 0. The summed E-state index contributed by atoms with van der Waals surface area (Å²) in [5.41, 5.74) is 13.1. The summed E-state index contributed by atoms with van der Waals surface area (Å²) in [6, 6.07) is 86.7. The summed E-state index contributed by atoms with van der Waals surface area (Å²) in [6.07, 6.45) is 0. The van der Waals surface area contributed by atoms with Crippen molar-refractivity contribution in [3.63, 3.8) is 0 Å². The maximum atomic E-state index is 2.41. The zero-order valence-corrected chi connectivity index (χ0v) is 34.7. The Balaban J connectivity index is 0.996. The van der Waals surface area contributed by atoms with E-state index >= 15 is 0 Å². The molecule has 0 atom stereocenters. The van der Waals surface area contributed by atoms with Crippen LogP contribution in [-0.2, 0) is 0 Å². The van der Waals surface area contributed by atoms with Crippen molar-refractivity contribution in [1.29, 1.82) is 0 Å². The lowest BCUT2D eigenvalue weighted by molar-refractivity contribution is 1.29. The van der Waals surface area contributed by atoms with Gasteiger partial charge in [-0.3, -0.25) is 0 Å². The molecular weight excluding hydrogens is 767 g/mol. The highest BCUT2D eigenvalue weighted by atomic mass is 32.1. The smallest absolute Gasteiger partial charge is 0.0476 e. The van der Waals surface area contributed by atoms with Crippen molar-refractivity contribution in [1.82, 2.24) is 0 Å². The highest BCUT2D eigenvalue weighted by Crippen LogP contribution is 2.46. The third kappa shape index (κ3) is 6.15. The Labute approximate surface area is 365 Å². The molecule has 0 aliphatic carbocycles. The van der Waals surface area contributed by atoms with Crippen molar-refractivity contribution < 1.29 is 0 Å². The van der Waals surface area contributed by atoms with Crippen LogP contribution in [0.2, 0.25) is 0 Å². The lowest BCUT2D eigenvalue weighted by atomic mass is 9.84. The first-order chi connectivity index (χ1) is 30.7. The van der Waals surface area contributed by atoms with Crippen LogP contribution in [0, 0.1) is 0 Å². The molecule has 1 heterocycles. The predicted octanol–water partition coefficient (Wildman–Crippen LogP) is 17.7. The van der Waals surface area contributed by atoms with Crippen LogP contribution < -0.4 is 4.90 Å². The Bertz CT molecular complexity index is 3600. The van der Waals surface area contributed by atoms with Gasteiger partial charge in [0.25, 0.3) is 0 Å². The SMILES string of the molecule is c1ccc(-c2c(-c3ccccc3)c3cc(-c4ccc(N(c5ccc(-c6cccc7ccccc67)cc5)c5ccc6c(c5)sc5ccccc56)cc4)ccc3c3ccccc23)cc1. The summed E-state index contributed by atoms with van der Waals surface area (Å²) in [4.78, 5) is 2.40. The molecule has 0 amide bonds. The molecule has 0 bridgehead atoms. The van der Waals surface area contributed by atoms with E-state index in [2.05, 4.69) is 241 Å². The zero-order valence-electron chi connectivity index (χ0n) is 33.9. The molecule has 0 saturated carbocycles. The first kappa shape index (κ1) is 36.1. The third-order valence-electron chi connectivity index (χ3n) is 12.5. The minimum Gasteiger partial charge on any atom is -0.310 e. The van der Waals surface area contributed by atoms with E-state index in [1.54, 1.807) is 0 Å². The van der Waals surface area contributed by atoms with Crippen LogP contribution >= 0.6 is 11.3 Å². The second kappa shape index (κ2) is 15.0. The minimum absolute atomic E-state index is 1.11. The van der Waals surface area contributed by atoms with E-state index in [0.29, 0.717) is 0 Å². The summed E-state index contributed by atoms with van der Waals surface area (Å²) < 4.78 is 2.59. The quantitative estimate of drug-likeness (QED) is 0.145. The Morgan fingerprint density at radius 3 is 1.48 bits per heavy atom. The normalized spacial score (nSPS) is 11.5. The number of fused-ring (bicyclic) bond motifs is 7. The summed E-state index contributed by atoms with van der Waals surface area (Å²) in [5, 5.41) is 10.2. The van der Waals surface area contributed by atoms with Gasteiger partial charge in [0.15, 0.2) is 0 Å². The van der Waals surface area contributed by atoms with Gasteiger partial charge in [0, 0.05) is 37.2 Å². The summed E-state index contributed by atoms with van der Waals surface area (Å²) in [6.45, 7) is 0. The second-order valence-corrected chi connectivity index (χ2v) is 17.1. The van der Waals surface area contributed by atoms with Crippen molar-refractivity contribution in [2.24, 2.45) is 0 Å². The number of benzene rings is 11. The molecule has 0 fully saturated rings. The number of thiophene rings is 1. The molecule has 12 aromatic rings. The van der Waals surface area contributed by atoms with E-state index in [4.69, 9.17) is 0 Å². The van der Waals surface area contributed by atoms with Gasteiger partial charge in [0.05, 0.1) is 0 Å². The van der Waals surface area contributed by atoms with Gasteiger partial charge in [-0.1, -0.05) is 188 Å². The summed E-state index contributed by atoms with van der Waals surface area (Å²) in [7, 11) is 0. The average molecular weight is 806 g/mol. The van der Waals surface area contributed by atoms with E-state index < -0.39 is 0 Å². The predicted molar refractivity (Wildman–Crippen MR) is 268 cm³/mol. The van der Waals surface area contributed by atoms with Gasteiger partial charge in [-0.15, -0.1) is 11.3 Å². The molecule has 1 aromatic heterocycles. The topological polar surface area (TPSA) is 3.24 Å². The van der Waals surface area contributed by atoms with E-state index in [1.807, 2.05) is 11.3 Å². The van der Waals surface area contributed by atoms with Gasteiger partial charge in [-0.25, -0.2) is 0 Å². The Morgan fingerprint density at radius 2 is 0.758 bits per heavy atom. The van der Waals surface area contributed by atoms with Crippen LogP contribution in [0.25, 0.3) is 97.0 Å². The molecule has 0 spiro atoms. The molecule has 0 unspecified atom stereocenters. The van der Waals surface area contributed by atoms with E-state index in [1.165, 1.54) is 97.0 Å². The summed E-state index contributed by atoms with van der Waals surface area (Å²) in [5.74, 6) is 0. The zero-order chi connectivity index (χ0) is 41.0. The highest BCUT2D eigenvalue weighted by Gasteiger charge is 2.19. The summed E-state index contributed by atoms with van der Waals surface area (Å²) >= 11 is 1.86. The minimum atomic E-state index is 1.11. The van der Waals surface area contributed by atoms with Crippen molar-refractivity contribution in [3.05, 3.63) is 237 Å².